The van der Waals surface area contributed by atoms with Crippen LogP contribution in [-0.2, 0) is 28.4 Å². The van der Waals surface area contributed by atoms with Crippen LogP contribution in [0, 0.1) is 5.92 Å². The number of sulfonamides is 1. The van der Waals surface area contributed by atoms with Gasteiger partial charge in [-0.15, -0.1) is 0 Å². The van der Waals surface area contributed by atoms with Gasteiger partial charge in [-0.2, -0.15) is 4.31 Å². The lowest BCUT2D eigenvalue weighted by molar-refractivity contribution is -0.126. The summed E-state index contributed by atoms with van der Waals surface area (Å²) in [5, 5.41) is 2.97. The van der Waals surface area contributed by atoms with E-state index in [1.807, 2.05) is 35.9 Å². The van der Waals surface area contributed by atoms with E-state index in [2.05, 4.69) is 10.3 Å². The molecule has 3 heterocycles. The van der Waals surface area contributed by atoms with Crippen molar-refractivity contribution < 1.29 is 22.7 Å². The second-order valence-electron chi connectivity index (χ2n) is 8.28. The minimum absolute atomic E-state index is 0.0709. The molecule has 0 unspecified atom stereocenters. The van der Waals surface area contributed by atoms with Gasteiger partial charge in [0.15, 0.2) is 11.5 Å². The van der Waals surface area contributed by atoms with Crippen LogP contribution in [-0.4, -0.2) is 54.5 Å². The van der Waals surface area contributed by atoms with Gasteiger partial charge in [0.2, 0.25) is 15.9 Å². The molecule has 9 nitrogen and oxygen atoms in total. The molecular formula is C23H26N4O5S. The fourth-order valence-electron chi connectivity index (χ4n) is 4.36. The van der Waals surface area contributed by atoms with Crippen LogP contribution in [0.3, 0.4) is 0 Å². The minimum atomic E-state index is -3.67. The number of hydrogen-bond acceptors (Lipinski definition) is 6. The molecule has 33 heavy (non-hydrogen) atoms. The van der Waals surface area contributed by atoms with Gasteiger partial charge in [0.05, 0.1) is 22.5 Å². The lowest BCUT2D eigenvalue weighted by Gasteiger charge is -2.30. The predicted molar refractivity (Wildman–Crippen MR) is 121 cm³/mol. The first-order chi connectivity index (χ1) is 15.9. The van der Waals surface area contributed by atoms with Gasteiger partial charge in [0.25, 0.3) is 0 Å². The Morgan fingerprint density at radius 1 is 1.09 bits per heavy atom. The molecule has 0 aliphatic carbocycles. The third-order valence-corrected chi connectivity index (χ3v) is 8.17. The second-order valence-corrected chi connectivity index (χ2v) is 10.2. The number of nitrogens with one attached hydrogen (secondary N) is 1. The molecule has 0 atom stereocenters. The fraction of sp³-hybridized carbons (Fsp3) is 0.391. The first-order valence-electron chi connectivity index (χ1n) is 11.0. The van der Waals surface area contributed by atoms with E-state index in [4.69, 9.17) is 9.47 Å². The lowest BCUT2D eigenvalue weighted by Crippen LogP contribution is -2.43. The van der Waals surface area contributed by atoms with E-state index < -0.39 is 10.0 Å². The van der Waals surface area contributed by atoms with E-state index in [0.29, 0.717) is 57.2 Å². The molecule has 0 spiro atoms. The van der Waals surface area contributed by atoms with Crippen LogP contribution in [0.2, 0.25) is 0 Å². The number of fused-ring (bicyclic) bond motifs is 2. The van der Waals surface area contributed by atoms with Crippen LogP contribution in [0.15, 0.2) is 47.4 Å². The molecule has 1 N–H and O–H groups in total. The maximum absolute atomic E-state index is 13.1. The van der Waals surface area contributed by atoms with Crippen LogP contribution >= 0.6 is 0 Å². The van der Waals surface area contributed by atoms with Crippen LogP contribution in [0.25, 0.3) is 11.0 Å². The average molecular weight is 471 g/mol. The molecule has 2 aliphatic rings. The Hall–Kier alpha value is -3.11. The Balaban J connectivity index is 1.19. The van der Waals surface area contributed by atoms with Crippen molar-refractivity contribution in [3.8, 4) is 11.5 Å². The number of nitrogens with zero attached hydrogens (tertiary/aromatic N) is 3. The quantitative estimate of drug-likeness (QED) is 0.612. The summed E-state index contributed by atoms with van der Waals surface area (Å²) in [6, 6.07) is 12.5. The zero-order valence-electron chi connectivity index (χ0n) is 18.4. The van der Waals surface area contributed by atoms with E-state index in [-0.39, 0.29) is 16.7 Å². The van der Waals surface area contributed by atoms with E-state index in [1.54, 1.807) is 12.1 Å². The third kappa shape index (κ3) is 4.16. The summed E-state index contributed by atoms with van der Waals surface area (Å²) in [5.74, 6) is 1.47. The summed E-state index contributed by atoms with van der Waals surface area (Å²) >= 11 is 0. The number of imidazole rings is 1. The molecular weight excluding hydrogens is 444 g/mol. The first-order valence-corrected chi connectivity index (χ1v) is 12.5. The van der Waals surface area contributed by atoms with Crippen molar-refractivity contribution in [1.29, 1.82) is 0 Å². The maximum Gasteiger partial charge on any atom is 0.243 e. The monoisotopic (exact) mass is 470 g/mol. The van der Waals surface area contributed by atoms with Crippen molar-refractivity contribution in [3.63, 3.8) is 0 Å². The molecule has 1 amide bonds. The zero-order valence-corrected chi connectivity index (χ0v) is 19.2. The Morgan fingerprint density at radius 3 is 2.58 bits per heavy atom. The Kier molecular flexibility index (Phi) is 5.71. The first kappa shape index (κ1) is 21.7. The standard InChI is InChI=1S/C23H26N4O5S/c1-26-19-5-3-2-4-18(19)25-22(26)15-24-23(28)16-8-10-27(11-9-16)33(29,30)17-6-7-20-21(14-17)32-13-12-31-20/h2-7,14,16H,8-13,15H2,1H3,(H,24,28). The number of carbonyl (C=O) groups excluding carboxylic acids is 1. The molecule has 174 valence electrons. The van der Waals surface area contributed by atoms with Crippen molar-refractivity contribution in [1.82, 2.24) is 19.2 Å². The number of aromatic nitrogens is 2. The van der Waals surface area contributed by atoms with Crippen molar-refractivity contribution in [2.24, 2.45) is 13.0 Å². The van der Waals surface area contributed by atoms with E-state index in [9.17, 15) is 13.2 Å². The van der Waals surface area contributed by atoms with Gasteiger partial charge in [-0.1, -0.05) is 12.1 Å². The van der Waals surface area contributed by atoms with Crippen molar-refractivity contribution in [2.45, 2.75) is 24.3 Å². The molecule has 0 bridgehead atoms. The topological polar surface area (TPSA) is 103 Å². The van der Waals surface area contributed by atoms with Gasteiger partial charge < -0.3 is 19.4 Å². The molecule has 0 saturated carbocycles. The SMILES string of the molecule is Cn1c(CNC(=O)C2CCN(S(=O)(=O)c3ccc4c(c3)OCCO4)CC2)nc2ccccc21. The number of para-hydroxylation sites is 2. The second kappa shape index (κ2) is 8.68. The smallest absolute Gasteiger partial charge is 0.243 e. The van der Waals surface area contributed by atoms with Crippen molar-refractivity contribution >= 4 is 27.0 Å². The van der Waals surface area contributed by atoms with Gasteiger partial charge in [-0.25, -0.2) is 13.4 Å². The summed E-state index contributed by atoms with van der Waals surface area (Å²) in [6.07, 6.45) is 0.941. The summed E-state index contributed by atoms with van der Waals surface area (Å²) in [4.78, 5) is 17.5. The van der Waals surface area contributed by atoms with E-state index >= 15 is 0 Å². The highest BCUT2D eigenvalue weighted by Gasteiger charge is 2.33. The maximum atomic E-state index is 13.1. The molecule has 2 aliphatic heterocycles. The highest BCUT2D eigenvalue weighted by molar-refractivity contribution is 7.89. The molecule has 10 heteroatoms. The molecule has 3 aromatic rings. The Bertz CT molecular complexity index is 1300. The number of hydrogen-bond donors (Lipinski definition) is 1. The van der Waals surface area contributed by atoms with Gasteiger partial charge in [-0.05, 0) is 37.1 Å². The summed E-state index contributed by atoms with van der Waals surface area (Å²) in [5.41, 5.74) is 1.90. The van der Waals surface area contributed by atoms with Crippen LogP contribution < -0.4 is 14.8 Å². The average Bonchev–Trinajstić information content (AvgIpc) is 3.17. The van der Waals surface area contributed by atoms with Gasteiger partial charge in [0, 0.05) is 32.1 Å². The van der Waals surface area contributed by atoms with E-state index in [0.717, 1.165) is 16.9 Å². The highest BCUT2D eigenvalue weighted by Crippen LogP contribution is 2.34. The third-order valence-electron chi connectivity index (χ3n) is 6.28. The largest absolute Gasteiger partial charge is 0.486 e. The van der Waals surface area contributed by atoms with E-state index in [1.165, 1.54) is 10.4 Å². The fourth-order valence-corrected chi connectivity index (χ4v) is 5.84. The predicted octanol–water partition coefficient (Wildman–Crippen LogP) is 2.06. The van der Waals surface area contributed by atoms with Gasteiger partial charge >= 0.3 is 0 Å². The van der Waals surface area contributed by atoms with Crippen molar-refractivity contribution in [3.05, 3.63) is 48.3 Å². The summed E-state index contributed by atoms with van der Waals surface area (Å²) < 4.78 is 40.6. The van der Waals surface area contributed by atoms with Crippen LogP contribution in [0.1, 0.15) is 18.7 Å². The minimum Gasteiger partial charge on any atom is -0.486 e. The molecule has 5 rings (SSSR count). The molecule has 0 radical (unpaired) electrons. The highest BCUT2D eigenvalue weighted by atomic mass is 32.2. The zero-order chi connectivity index (χ0) is 23.0. The number of piperidine rings is 1. The number of aryl methyl sites for hydroxylation is 1. The lowest BCUT2D eigenvalue weighted by atomic mass is 9.97. The number of amides is 1. The Morgan fingerprint density at radius 2 is 1.82 bits per heavy atom. The normalized spacial score (nSPS) is 17.2. The number of carbonyl (C=O) groups is 1. The number of rotatable bonds is 5. The molecule has 1 saturated heterocycles. The molecule has 1 aromatic heterocycles. The van der Waals surface area contributed by atoms with Crippen molar-refractivity contribution in [2.75, 3.05) is 26.3 Å². The molecule has 2 aromatic carbocycles. The van der Waals surface area contributed by atoms with Crippen LogP contribution in [0.5, 0.6) is 11.5 Å². The van der Waals surface area contributed by atoms with Crippen LogP contribution in [0.4, 0.5) is 0 Å². The van der Waals surface area contributed by atoms with Gasteiger partial charge in [-0.3, -0.25) is 4.79 Å². The van der Waals surface area contributed by atoms with Gasteiger partial charge in [0.1, 0.15) is 19.0 Å². The Labute approximate surface area is 192 Å². The number of benzene rings is 2. The number of ether oxygens (including phenoxy) is 2. The summed E-state index contributed by atoms with van der Waals surface area (Å²) in [7, 11) is -1.74. The molecule has 1 fully saturated rings. The summed E-state index contributed by atoms with van der Waals surface area (Å²) in [6.45, 7) is 1.76.